The summed E-state index contributed by atoms with van der Waals surface area (Å²) in [4.78, 5) is 53.9. The van der Waals surface area contributed by atoms with Gasteiger partial charge in [-0.1, -0.05) is 38.5 Å². The number of aromatic amines is 1. The van der Waals surface area contributed by atoms with Crippen LogP contribution in [0.25, 0.3) is 10.9 Å². The van der Waals surface area contributed by atoms with Crippen molar-refractivity contribution in [3.63, 3.8) is 0 Å². The number of fused-ring (bicyclic) bond motifs is 1. The second-order valence-corrected chi connectivity index (χ2v) is 9.47. The Morgan fingerprint density at radius 2 is 1.65 bits per heavy atom. The number of para-hydroxylation sites is 1. The summed E-state index contributed by atoms with van der Waals surface area (Å²) in [6, 6.07) is 3.66. The van der Waals surface area contributed by atoms with Gasteiger partial charge in [0, 0.05) is 23.5 Å². The van der Waals surface area contributed by atoms with E-state index in [1.807, 2.05) is 31.2 Å². The van der Waals surface area contributed by atoms with Gasteiger partial charge in [0.05, 0.1) is 6.04 Å². The molecule has 11 nitrogen and oxygen atoms in total. The molecular formula is C26H40N6O5. The summed E-state index contributed by atoms with van der Waals surface area (Å²) < 4.78 is 0. The number of amides is 3. The Hall–Kier alpha value is -3.44. The number of hydrogen-bond donors (Lipinski definition) is 7. The molecule has 0 saturated heterocycles. The molecular weight excluding hydrogens is 476 g/mol. The number of carbonyl (C=O) groups excluding carboxylic acids is 3. The first-order valence-electron chi connectivity index (χ1n) is 12.7. The quantitative estimate of drug-likeness (QED) is 0.170. The van der Waals surface area contributed by atoms with Gasteiger partial charge in [-0.15, -0.1) is 0 Å². The number of carbonyl (C=O) groups is 4. The van der Waals surface area contributed by atoms with Crippen molar-refractivity contribution < 1.29 is 24.3 Å². The van der Waals surface area contributed by atoms with E-state index in [2.05, 4.69) is 20.9 Å². The van der Waals surface area contributed by atoms with Gasteiger partial charge in [-0.2, -0.15) is 0 Å². The maximum absolute atomic E-state index is 13.4. The minimum atomic E-state index is -1.15. The molecule has 37 heavy (non-hydrogen) atoms. The van der Waals surface area contributed by atoms with Crippen LogP contribution in [0.4, 0.5) is 0 Å². The van der Waals surface area contributed by atoms with E-state index in [9.17, 15) is 24.3 Å². The number of carboxylic acid groups (broad SMARTS) is 1. The third-order valence-electron chi connectivity index (χ3n) is 6.50. The first kappa shape index (κ1) is 29.8. The Morgan fingerprint density at radius 3 is 2.27 bits per heavy atom. The van der Waals surface area contributed by atoms with Crippen LogP contribution < -0.4 is 27.4 Å². The normalized spacial score (nSPS) is 15.3. The average molecular weight is 517 g/mol. The molecule has 0 radical (unpaired) electrons. The summed E-state index contributed by atoms with van der Waals surface area (Å²) in [6.45, 7) is 5.61. The fourth-order valence-corrected chi connectivity index (χ4v) is 4.00. The highest BCUT2D eigenvalue weighted by atomic mass is 16.4. The number of unbranched alkanes of at least 4 members (excludes halogenated alkanes) is 1. The molecule has 1 aromatic carbocycles. The van der Waals surface area contributed by atoms with Crippen molar-refractivity contribution in [3.05, 3.63) is 36.0 Å². The van der Waals surface area contributed by atoms with Crippen molar-refractivity contribution in [1.82, 2.24) is 20.9 Å². The third kappa shape index (κ3) is 8.57. The summed E-state index contributed by atoms with van der Waals surface area (Å²) in [5.41, 5.74) is 12.9. The Balaban J connectivity index is 2.25. The minimum Gasteiger partial charge on any atom is -0.480 e. The van der Waals surface area contributed by atoms with Crippen molar-refractivity contribution >= 4 is 34.6 Å². The second-order valence-electron chi connectivity index (χ2n) is 9.47. The van der Waals surface area contributed by atoms with Gasteiger partial charge in [0.15, 0.2) is 0 Å². The van der Waals surface area contributed by atoms with E-state index in [1.54, 1.807) is 13.1 Å². The van der Waals surface area contributed by atoms with Crippen LogP contribution >= 0.6 is 0 Å². The lowest BCUT2D eigenvalue weighted by Crippen LogP contribution is -2.59. The molecule has 0 bridgehead atoms. The lowest BCUT2D eigenvalue weighted by molar-refractivity contribution is -0.143. The molecule has 5 unspecified atom stereocenters. The van der Waals surface area contributed by atoms with Crippen LogP contribution in [0, 0.1) is 5.92 Å². The summed E-state index contributed by atoms with van der Waals surface area (Å²) in [6.07, 6.45) is 3.92. The highest BCUT2D eigenvalue weighted by molar-refractivity contribution is 5.95. The third-order valence-corrected chi connectivity index (χ3v) is 6.50. The number of hydrogen-bond acceptors (Lipinski definition) is 6. The SMILES string of the molecule is CCC(C)C(NC(=O)C(Cc1c[nH]c2ccccc12)NC(=O)C(C)N)C(=O)NC(CCCCN)C(=O)O. The van der Waals surface area contributed by atoms with E-state index in [-0.39, 0.29) is 18.8 Å². The second kappa shape index (κ2) is 14.3. The summed E-state index contributed by atoms with van der Waals surface area (Å²) in [5.74, 6) is -3.10. The molecule has 204 valence electrons. The lowest BCUT2D eigenvalue weighted by atomic mass is 9.96. The van der Waals surface area contributed by atoms with Gasteiger partial charge in [0.2, 0.25) is 17.7 Å². The summed E-state index contributed by atoms with van der Waals surface area (Å²) in [5, 5.41) is 18.5. The molecule has 1 aromatic heterocycles. The molecule has 9 N–H and O–H groups in total. The molecule has 3 amide bonds. The van der Waals surface area contributed by atoms with Crippen molar-refractivity contribution in [2.24, 2.45) is 17.4 Å². The first-order valence-corrected chi connectivity index (χ1v) is 12.7. The molecule has 1 heterocycles. The van der Waals surface area contributed by atoms with E-state index >= 15 is 0 Å². The Morgan fingerprint density at radius 1 is 0.973 bits per heavy atom. The van der Waals surface area contributed by atoms with E-state index < -0.39 is 47.9 Å². The maximum atomic E-state index is 13.4. The summed E-state index contributed by atoms with van der Waals surface area (Å²) in [7, 11) is 0. The predicted molar refractivity (Wildman–Crippen MR) is 141 cm³/mol. The molecule has 0 fully saturated rings. The fourth-order valence-electron chi connectivity index (χ4n) is 4.00. The molecule has 2 aromatic rings. The van der Waals surface area contributed by atoms with Crippen LogP contribution in [0.2, 0.25) is 0 Å². The van der Waals surface area contributed by atoms with Gasteiger partial charge in [0.1, 0.15) is 18.1 Å². The fraction of sp³-hybridized carbons (Fsp3) is 0.538. The van der Waals surface area contributed by atoms with Crippen molar-refractivity contribution in [2.75, 3.05) is 6.54 Å². The van der Waals surface area contributed by atoms with Crippen LogP contribution in [0.3, 0.4) is 0 Å². The van der Waals surface area contributed by atoms with Crippen LogP contribution in [0.1, 0.15) is 52.0 Å². The van der Waals surface area contributed by atoms with E-state index in [0.29, 0.717) is 25.8 Å². The molecule has 0 saturated carbocycles. The highest BCUT2D eigenvalue weighted by Crippen LogP contribution is 2.19. The number of H-pyrrole nitrogens is 1. The number of benzene rings is 1. The Kier molecular flexibility index (Phi) is 11.5. The zero-order valence-corrected chi connectivity index (χ0v) is 21.8. The van der Waals surface area contributed by atoms with Crippen molar-refractivity contribution in [1.29, 1.82) is 0 Å². The number of aliphatic carboxylic acids is 1. The van der Waals surface area contributed by atoms with Crippen LogP contribution in [0.15, 0.2) is 30.5 Å². The van der Waals surface area contributed by atoms with Crippen molar-refractivity contribution in [2.45, 2.75) is 77.0 Å². The maximum Gasteiger partial charge on any atom is 0.326 e. The number of nitrogens with one attached hydrogen (secondary N) is 4. The number of rotatable bonds is 15. The molecule has 11 heteroatoms. The predicted octanol–water partition coefficient (Wildman–Crippen LogP) is 0.772. The van der Waals surface area contributed by atoms with E-state index in [0.717, 1.165) is 16.5 Å². The number of aromatic nitrogens is 1. The number of nitrogens with two attached hydrogens (primary N) is 2. The molecule has 5 atom stereocenters. The zero-order valence-electron chi connectivity index (χ0n) is 21.8. The van der Waals surface area contributed by atoms with Crippen LogP contribution in [-0.2, 0) is 25.6 Å². The van der Waals surface area contributed by atoms with Crippen LogP contribution in [0.5, 0.6) is 0 Å². The van der Waals surface area contributed by atoms with Crippen molar-refractivity contribution in [3.8, 4) is 0 Å². The monoisotopic (exact) mass is 516 g/mol. The molecule has 0 spiro atoms. The summed E-state index contributed by atoms with van der Waals surface area (Å²) >= 11 is 0. The zero-order chi connectivity index (χ0) is 27.5. The van der Waals surface area contributed by atoms with Gasteiger partial charge in [0.25, 0.3) is 0 Å². The minimum absolute atomic E-state index is 0.167. The average Bonchev–Trinajstić information content (AvgIpc) is 3.28. The lowest BCUT2D eigenvalue weighted by Gasteiger charge is -2.28. The van der Waals surface area contributed by atoms with Gasteiger partial charge < -0.3 is 37.5 Å². The van der Waals surface area contributed by atoms with E-state index in [4.69, 9.17) is 11.5 Å². The Bertz CT molecular complexity index is 1070. The Labute approximate surface area is 217 Å². The molecule has 2 rings (SSSR count). The molecule has 0 aliphatic heterocycles. The highest BCUT2D eigenvalue weighted by Gasteiger charge is 2.32. The van der Waals surface area contributed by atoms with E-state index in [1.165, 1.54) is 6.92 Å². The van der Waals surface area contributed by atoms with Gasteiger partial charge in [-0.25, -0.2) is 4.79 Å². The van der Waals surface area contributed by atoms with Gasteiger partial charge in [-0.05, 0) is 50.3 Å². The molecule has 0 aliphatic carbocycles. The largest absolute Gasteiger partial charge is 0.480 e. The molecule has 0 aliphatic rings. The topological polar surface area (TPSA) is 192 Å². The standard InChI is InChI=1S/C26H40N6O5/c1-4-15(2)22(25(35)30-20(26(36)37)11-7-8-12-27)32-24(34)21(31-23(33)16(3)28)13-17-14-29-19-10-6-5-9-18(17)19/h5-6,9-10,14-16,20-22,29H,4,7-8,11-13,27-28H2,1-3H3,(H,30,35)(H,31,33)(H,32,34)(H,36,37). The smallest absolute Gasteiger partial charge is 0.326 e. The first-order chi connectivity index (χ1) is 17.6. The number of carboxylic acids is 1. The van der Waals surface area contributed by atoms with Gasteiger partial charge in [-0.3, -0.25) is 14.4 Å². The van der Waals surface area contributed by atoms with Gasteiger partial charge >= 0.3 is 5.97 Å². The van der Waals surface area contributed by atoms with Crippen LogP contribution in [-0.4, -0.2) is 64.5 Å².